The summed E-state index contributed by atoms with van der Waals surface area (Å²) >= 11 is 0. The molecule has 1 rings (SSSR count). The van der Waals surface area contributed by atoms with Crippen LogP contribution in [0.3, 0.4) is 0 Å². The Morgan fingerprint density at radius 1 is 1.37 bits per heavy atom. The van der Waals surface area contributed by atoms with E-state index < -0.39 is 23.5 Å². The minimum atomic E-state index is -4.45. The molecule has 104 valence electrons. The minimum Gasteiger partial charge on any atom is -0.461 e. The van der Waals surface area contributed by atoms with Gasteiger partial charge in [0.05, 0.1) is 12.2 Å². The van der Waals surface area contributed by atoms with Gasteiger partial charge >= 0.3 is 12.1 Å². The minimum absolute atomic E-state index is 0.0314. The van der Waals surface area contributed by atoms with Crippen LogP contribution in [0.25, 0.3) is 0 Å². The van der Waals surface area contributed by atoms with E-state index in [1.807, 2.05) is 0 Å². The van der Waals surface area contributed by atoms with Crippen LogP contribution in [-0.4, -0.2) is 12.6 Å². The molecule has 0 spiro atoms. The highest BCUT2D eigenvalue weighted by Crippen LogP contribution is 2.29. The maximum atomic E-state index is 13.2. The number of carbonyl (C=O) groups excluding carboxylic acids is 1. The van der Waals surface area contributed by atoms with E-state index >= 15 is 0 Å². The van der Waals surface area contributed by atoms with Gasteiger partial charge in [-0.05, 0) is 31.1 Å². The molecule has 0 bridgehead atoms. The van der Waals surface area contributed by atoms with Crippen molar-refractivity contribution in [1.82, 2.24) is 0 Å². The summed E-state index contributed by atoms with van der Waals surface area (Å²) in [5.41, 5.74) is -0.552. The number of halogens is 4. The molecule has 0 unspecified atom stereocenters. The predicted octanol–water partition coefficient (Wildman–Crippen LogP) is 3.66. The first-order valence-electron chi connectivity index (χ1n) is 5.53. The van der Waals surface area contributed by atoms with Gasteiger partial charge in [0.25, 0.3) is 0 Å². The van der Waals surface area contributed by atoms with Crippen molar-refractivity contribution in [2.24, 2.45) is 0 Å². The van der Waals surface area contributed by atoms with Crippen LogP contribution >= 0.6 is 0 Å². The number of allylic oxidation sites excluding steroid dienone is 1. The zero-order chi connectivity index (χ0) is 14.5. The van der Waals surface area contributed by atoms with Crippen LogP contribution < -0.4 is 0 Å². The predicted molar refractivity (Wildman–Crippen MR) is 61.0 cm³/mol. The summed E-state index contributed by atoms with van der Waals surface area (Å²) in [6, 6.07) is 4.49. The van der Waals surface area contributed by atoms with Gasteiger partial charge in [0.15, 0.2) is 0 Å². The Kier molecular flexibility index (Phi) is 5.09. The molecule has 0 fully saturated rings. The molecule has 0 aliphatic carbocycles. The Morgan fingerprint density at radius 3 is 2.63 bits per heavy atom. The largest absolute Gasteiger partial charge is 0.461 e. The Bertz CT molecular complexity index is 478. The van der Waals surface area contributed by atoms with E-state index in [0.29, 0.717) is 0 Å². The first kappa shape index (κ1) is 15.2. The summed E-state index contributed by atoms with van der Waals surface area (Å²) < 4.78 is 54.9. The number of carbonyl (C=O) groups is 1. The fourth-order valence-electron chi connectivity index (χ4n) is 1.37. The lowest BCUT2D eigenvalue weighted by Gasteiger charge is -2.07. The fourth-order valence-corrected chi connectivity index (χ4v) is 1.37. The van der Waals surface area contributed by atoms with Crippen molar-refractivity contribution >= 4 is 5.97 Å². The lowest BCUT2D eigenvalue weighted by Crippen LogP contribution is -2.06. The van der Waals surface area contributed by atoms with Crippen molar-refractivity contribution in [1.29, 1.82) is 0 Å². The average molecular weight is 276 g/mol. The van der Waals surface area contributed by atoms with Gasteiger partial charge in [0, 0.05) is 0 Å². The average Bonchev–Trinajstić information content (AvgIpc) is 2.35. The first-order valence-corrected chi connectivity index (χ1v) is 5.53. The van der Waals surface area contributed by atoms with Crippen LogP contribution in [0, 0.1) is 0 Å². The van der Waals surface area contributed by atoms with Gasteiger partial charge < -0.3 is 4.74 Å². The van der Waals surface area contributed by atoms with Crippen molar-refractivity contribution in [3.63, 3.8) is 0 Å². The molecule has 2 nitrogen and oxygen atoms in total. The summed E-state index contributed by atoms with van der Waals surface area (Å²) in [6.45, 7) is 1.56. The second kappa shape index (κ2) is 6.36. The van der Waals surface area contributed by atoms with Crippen molar-refractivity contribution in [2.75, 3.05) is 6.61 Å². The number of rotatable bonds is 4. The van der Waals surface area contributed by atoms with Crippen LogP contribution in [0.15, 0.2) is 36.2 Å². The van der Waals surface area contributed by atoms with Crippen LogP contribution in [0.5, 0.6) is 0 Å². The number of esters is 1. The molecule has 1 aromatic carbocycles. The molecule has 0 aromatic heterocycles. The fraction of sp³-hybridized carbons (Fsp3) is 0.308. The Hall–Kier alpha value is -1.85. The second-order valence-corrected chi connectivity index (χ2v) is 3.67. The highest BCUT2D eigenvalue weighted by Gasteiger charge is 2.30. The standard InChI is InChI=1S/C13H12F4O2/c1-2-19-12(18)11(14)7-6-9-4-3-5-10(8-9)13(15,16)17/h3-5,7-8H,2,6H2,1H3/b11-7+. The topological polar surface area (TPSA) is 26.3 Å². The van der Waals surface area contributed by atoms with Gasteiger partial charge in [-0.15, -0.1) is 0 Å². The molecule has 6 heteroatoms. The van der Waals surface area contributed by atoms with E-state index in [9.17, 15) is 22.4 Å². The maximum absolute atomic E-state index is 13.2. The maximum Gasteiger partial charge on any atom is 0.416 e. The van der Waals surface area contributed by atoms with E-state index in [2.05, 4.69) is 4.74 Å². The van der Waals surface area contributed by atoms with Gasteiger partial charge in [-0.3, -0.25) is 0 Å². The van der Waals surface area contributed by atoms with Crippen molar-refractivity contribution < 1.29 is 27.1 Å². The first-order chi connectivity index (χ1) is 8.84. The van der Waals surface area contributed by atoms with Crippen molar-refractivity contribution in [2.45, 2.75) is 19.5 Å². The summed E-state index contributed by atoms with van der Waals surface area (Å²) in [5, 5.41) is 0. The number of benzene rings is 1. The molecule has 19 heavy (non-hydrogen) atoms. The summed E-state index contributed by atoms with van der Waals surface area (Å²) in [6.07, 6.45) is -3.67. The third kappa shape index (κ3) is 4.73. The SMILES string of the molecule is CCOC(=O)/C(F)=C\Cc1cccc(C(F)(F)F)c1. The molecule has 0 N–H and O–H groups in total. The lowest BCUT2D eigenvalue weighted by atomic mass is 10.1. The molecule has 0 saturated carbocycles. The third-order valence-corrected chi connectivity index (χ3v) is 2.24. The number of ether oxygens (including phenoxy) is 1. The molecule has 0 aliphatic rings. The molecule has 0 heterocycles. The summed E-state index contributed by atoms with van der Waals surface area (Å²) in [5.74, 6) is -2.23. The van der Waals surface area contributed by atoms with Crippen LogP contribution in [0.1, 0.15) is 18.1 Å². The normalized spacial score (nSPS) is 12.4. The van der Waals surface area contributed by atoms with E-state index in [1.54, 1.807) is 0 Å². The van der Waals surface area contributed by atoms with E-state index in [0.717, 1.165) is 18.2 Å². The van der Waals surface area contributed by atoms with Gasteiger partial charge in [-0.1, -0.05) is 18.2 Å². The van der Waals surface area contributed by atoms with Crippen molar-refractivity contribution in [3.05, 3.63) is 47.3 Å². The van der Waals surface area contributed by atoms with Gasteiger partial charge in [-0.25, -0.2) is 4.79 Å². The molecule has 0 aliphatic heterocycles. The molecule has 1 aromatic rings. The molecule has 0 atom stereocenters. The lowest BCUT2D eigenvalue weighted by molar-refractivity contribution is -0.140. The summed E-state index contributed by atoms with van der Waals surface area (Å²) in [4.78, 5) is 10.9. The zero-order valence-corrected chi connectivity index (χ0v) is 10.1. The Balaban J connectivity index is 2.78. The highest BCUT2D eigenvalue weighted by atomic mass is 19.4. The Morgan fingerprint density at radius 2 is 2.05 bits per heavy atom. The van der Waals surface area contributed by atoms with Crippen molar-refractivity contribution in [3.8, 4) is 0 Å². The van der Waals surface area contributed by atoms with Crippen LogP contribution in [-0.2, 0) is 22.1 Å². The van der Waals surface area contributed by atoms with E-state index in [1.165, 1.54) is 19.1 Å². The van der Waals surface area contributed by atoms with E-state index in [4.69, 9.17) is 0 Å². The number of hydrogen-bond acceptors (Lipinski definition) is 2. The zero-order valence-electron chi connectivity index (χ0n) is 10.1. The van der Waals surface area contributed by atoms with Gasteiger partial charge in [-0.2, -0.15) is 17.6 Å². The molecular weight excluding hydrogens is 264 g/mol. The Labute approximate surface area is 107 Å². The third-order valence-electron chi connectivity index (χ3n) is 2.24. The smallest absolute Gasteiger partial charge is 0.416 e. The second-order valence-electron chi connectivity index (χ2n) is 3.67. The molecule has 0 radical (unpaired) electrons. The van der Waals surface area contributed by atoms with Gasteiger partial charge in [0.2, 0.25) is 5.83 Å². The number of hydrogen-bond donors (Lipinski definition) is 0. The molecular formula is C13H12F4O2. The van der Waals surface area contributed by atoms with Gasteiger partial charge in [0.1, 0.15) is 0 Å². The monoisotopic (exact) mass is 276 g/mol. The molecule has 0 saturated heterocycles. The molecule has 0 amide bonds. The van der Waals surface area contributed by atoms with E-state index in [-0.39, 0.29) is 18.6 Å². The quantitative estimate of drug-likeness (QED) is 0.476. The van der Waals surface area contributed by atoms with Crippen LogP contribution in [0.4, 0.5) is 17.6 Å². The van der Waals surface area contributed by atoms with Crippen LogP contribution in [0.2, 0.25) is 0 Å². The number of alkyl halides is 3. The highest BCUT2D eigenvalue weighted by molar-refractivity contribution is 5.85. The summed E-state index contributed by atoms with van der Waals surface area (Å²) in [7, 11) is 0.